The van der Waals surface area contributed by atoms with Crippen molar-refractivity contribution in [2.24, 2.45) is 11.8 Å². The summed E-state index contributed by atoms with van der Waals surface area (Å²) in [5.41, 5.74) is 1.69. The zero-order valence-corrected chi connectivity index (χ0v) is 19.6. The van der Waals surface area contributed by atoms with Crippen LogP contribution in [0.2, 0.25) is 0 Å². The van der Waals surface area contributed by atoms with E-state index in [0.29, 0.717) is 18.4 Å². The summed E-state index contributed by atoms with van der Waals surface area (Å²) < 4.78 is 44.1. The number of rotatable bonds is 6. The highest BCUT2D eigenvalue weighted by Gasteiger charge is 2.32. The van der Waals surface area contributed by atoms with Gasteiger partial charge in [-0.25, -0.2) is 4.98 Å². The molecule has 2 aromatic heterocycles. The molecule has 184 valence electrons. The van der Waals surface area contributed by atoms with Crippen LogP contribution in [0.5, 0.6) is 5.75 Å². The van der Waals surface area contributed by atoms with Crippen LogP contribution in [0.3, 0.4) is 0 Å². The zero-order chi connectivity index (χ0) is 24.5. The van der Waals surface area contributed by atoms with Crippen LogP contribution < -0.4 is 20.3 Å². The first-order valence-corrected chi connectivity index (χ1v) is 11.6. The second-order valence-corrected chi connectivity index (χ2v) is 9.25. The van der Waals surface area contributed by atoms with Crippen LogP contribution in [0.15, 0.2) is 24.5 Å². The lowest BCUT2D eigenvalue weighted by atomic mass is 9.82. The fourth-order valence-electron chi connectivity index (χ4n) is 4.51. The Morgan fingerprint density at radius 1 is 1.18 bits per heavy atom. The molecule has 0 spiro atoms. The van der Waals surface area contributed by atoms with Gasteiger partial charge < -0.3 is 20.3 Å². The molecule has 3 heterocycles. The van der Waals surface area contributed by atoms with Gasteiger partial charge >= 0.3 is 6.18 Å². The van der Waals surface area contributed by atoms with Gasteiger partial charge in [-0.05, 0) is 57.4 Å². The van der Waals surface area contributed by atoms with Crippen molar-refractivity contribution >= 4 is 23.1 Å². The Kier molecular flexibility index (Phi) is 6.86. The smallest absolute Gasteiger partial charge is 0.418 e. The molecule has 34 heavy (non-hydrogen) atoms. The van der Waals surface area contributed by atoms with Crippen LogP contribution in [0.4, 0.5) is 30.4 Å². The van der Waals surface area contributed by atoms with Crippen molar-refractivity contribution in [3.05, 3.63) is 35.8 Å². The predicted molar refractivity (Wildman–Crippen MR) is 124 cm³/mol. The monoisotopic (exact) mass is 477 g/mol. The van der Waals surface area contributed by atoms with Crippen LogP contribution in [0.1, 0.15) is 43.9 Å². The predicted octanol–water partition coefficient (Wildman–Crippen LogP) is 4.88. The summed E-state index contributed by atoms with van der Waals surface area (Å²) in [6, 6.07) is 2.73. The van der Waals surface area contributed by atoms with Crippen LogP contribution in [0, 0.1) is 18.8 Å². The van der Waals surface area contributed by atoms with Crippen LogP contribution in [0.25, 0.3) is 0 Å². The molecule has 2 N–H and O–H groups in total. The van der Waals surface area contributed by atoms with Crippen LogP contribution >= 0.6 is 0 Å². The average molecular weight is 478 g/mol. The van der Waals surface area contributed by atoms with Crippen molar-refractivity contribution in [2.75, 3.05) is 35.7 Å². The number of anilines is 3. The first kappa shape index (κ1) is 24.1. The lowest BCUT2D eigenvalue weighted by Crippen LogP contribution is -2.44. The Hall–Kier alpha value is -3.04. The van der Waals surface area contributed by atoms with E-state index in [1.165, 1.54) is 6.20 Å². The van der Waals surface area contributed by atoms with E-state index in [2.05, 4.69) is 20.6 Å². The van der Waals surface area contributed by atoms with Gasteiger partial charge in [0.15, 0.2) is 0 Å². The molecule has 1 aliphatic carbocycles. The van der Waals surface area contributed by atoms with Crippen molar-refractivity contribution in [2.45, 2.75) is 51.7 Å². The molecule has 0 aromatic carbocycles. The van der Waals surface area contributed by atoms with Gasteiger partial charge in [-0.1, -0.05) is 0 Å². The second-order valence-electron chi connectivity index (χ2n) is 9.25. The fourth-order valence-corrected chi connectivity index (χ4v) is 4.51. The quantitative estimate of drug-likeness (QED) is 0.618. The molecule has 0 unspecified atom stereocenters. The Morgan fingerprint density at radius 3 is 2.59 bits per heavy atom. The number of nitrogens with one attached hydrogen (secondary N) is 2. The van der Waals surface area contributed by atoms with E-state index < -0.39 is 11.7 Å². The first-order valence-electron chi connectivity index (χ1n) is 11.6. The van der Waals surface area contributed by atoms with Crippen LogP contribution in [-0.2, 0) is 11.0 Å². The normalized spacial score (nSPS) is 22.7. The van der Waals surface area contributed by atoms with Crippen molar-refractivity contribution < 1.29 is 22.7 Å². The van der Waals surface area contributed by atoms with Crippen molar-refractivity contribution in [3.63, 3.8) is 0 Å². The minimum absolute atomic E-state index is 0.0364. The minimum atomic E-state index is -4.43. The molecule has 2 aliphatic rings. The lowest BCUT2D eigenvalue weighted by molar-refractivity contribution is -0.138. The first-order chi connectivity index (χ1) is 16.1. The number of pyridine rings is 2. The van der Waals surface area contributed by atoms with E-state index in [4.69, 9.17) is 4.74 Å². The highest BCUT2D eigenvalue weighted by molar-refractivity contribution is 6.04. The molecule has 1 saturated carbocycles. The number of nitrogens with zero attached hydrogens (tertiary/aromatic N) is 3. The van der Waals surface area contributed by atoms with Gasteiger partial charge in [0.25, 0.3) is 0 Å². The summed E-state index contributed by atoms with van der Waals surface area (Å²) in [5.74, 6) is 1.71. The van der Waals surface area contributed by atoms with Crippen LogP contribution in [-0.4, -0.2) is 42.1 Å². The third kappa shape index (κ3) is 5.37. The maximum absolute atomic E-state index is 12.8. The number of hydrogen-bond acceptors (Lipinski definition) is 6. The Morgan fingerprint density at radius 2 is 1.88 bits per heavy atom. The van der Waals surface area contributed by atoms with Gasteiger partial charge in [-0.3, -0.25) is 9.78 Å². The Balaban J connectivity index is 1.26. The van der Waals surface area contributed by atoms with Crippen molar-refractivity contribution in [1.29, 1.82) is 0 Å². The molecule has 0 bridgehead atoms. The van der Waals surface area contributed by atoms with Crippen molar-refractivity contribution in [1.82, 2.24) is 9.97 Å². The number of aryl methyl sites for hydroxylation is 1. The number of carbonyl (C=O) groups is 1. The van der Waals surface area contributed by atoms with E-state index in [1.54, 1.807) is 0 Å². The highest BCUT2D eigenvalue weighted by atomic mass is 19.4. The lowest BCUT2D eigenvalue weighted by Gasteiger charge is -2.34. The summed E-state index contributed by atoms with van der Waals surface area (Å²) in [5, 5.41) is 6.39. The molecule has 1 atom stereocenters. The molecule has 0 saturated heterocycles. The maximum atomic E-state index is 12.8. The topological polar surface area (TPSA) is 79.4 Å². The molecule has 1 amide bonds. The fraction of sp³-hybridized carbons (Fsp3) is 0.542. The summed E-state index contributed by atoms with van der Waals surface area (Å²) in [6.45, 7) is 4.94. The van der Waals surface area contributed by atoms with E-state index >= 15 is 0 Å². The Bertz CT molecular complexity index is 1040. The molecule has 0 radical (unpaired) electrons. The van der Waals surface area contributed by atoms with Gasteiger partial charge in [-0.2, -0.15) is 13.2 Å². The summed E-state index contributed by atoms with van der Waals surface area (Å²) in [6.07, 6.45) is 1.64. The number of fused-ring (bicyclic) bond motifs is 1. The van der Waals surface area contributed by atoms with E-state index in [0.717, 1.165) is 67.4 Å². The second kappa shape index (κ2) is 9.68. The molecule has 1 aliphatic heterocycles. The number of carbonyl (C=O) groups excluding carboxylic acids is 1. The highest BCUT2D eigenvalue weighted by Crippen LogP contribution is 2.36. The SMILES string of the molecule is Cc1nc(NCC2CCC(COc3cncc(C(F)(F)F)c3)CC2)cc2c1NC(=O)[C@H](C)N2C. The van der Waals surface area contributed by atoms with Crippen molar-refractivity contribution in [3.8, 4) is 5.75 Å². The van der Waals surface area contributed by atoms with E-state index in [9.17, 15) is 18.0 Å². The number of hydrogen-bond donors (Lipinski definition) is 2. The number of ether oxygens (including phenoxy) is 1. The summed E-state index contributed by atoms with van der Waals surface area (Å²) >= 11 is 0. The molecule has 2 aromatic rings. The molecule has 4 rings (SSSR count). The van der Waals surface area contributed by atoms with Gasteiger partial charge in [0, 0.05) is 25.9 Å². The zero-order valence-electron chi connectivity index (χ0n) is 19.6. The summed E-state index contributed by atoms with van der Waals surface area (Å²) in [7, 11) is 1.91. The number of amides is 1. The van der Waals surface area contributed by atoms with Gasteiger partial charge in [0.2, 0.25) is 5.91 Å². The molecule has 1 fully saturated rings. The number of likely N-dealkylation sites (N-methyl/N-ethyl adjacent to an activating group) is 1. The maximum Gasteiger partial charge on any atom is 0.418 e. The van der Waals surface area contributed by atoms with Gasteiger partial charge in [0.05, 0.1) is 35.4 Å². The number of halogens is 3. The minimum Gasteiger partial charge on any atom is -0.492 e. The number of alkyl halides is 3. The molecular weight excluding hydrogens is 447 g/mol. The third-order valence-corrected chi connectivity index (χ3v) is 6.83. The molecular formula is C24H30F3N5O2. The summed E-state index contributed by atoms with van der Waals surface area (Å²) in [4.78, 5) is 22.3. The van der Waals surface area contributed by atoms with E-state index in [-0.39, 0.29) is 17.7 Å². The molecule has 7 nitrogen and oxygen atoms in total. The largest absolute Gasteiger partial charge is 0.492 e. The third-order valence-electron chi connectivity index (χ3n) is 6.83. The Labute approximate surface area is 197 Å². The standard InChI is InChI=1S/C24H30F3N5O2/c1-14-22-20(32(3)15(2)23(33)31-22)9-21(30-14)29-10-16-4-6-17(7-5-16)13-34-19-8-18(11-28-12-19)24(25,26)27/h8-9,11-12,15-17H,4-7,10,13H2,1-3H3,(H,29,30)(H,31,33)/t15-,16?,17?/m0/s1. The van der Waals surface area contributed by atoms with Gasteiger partial charge in [-0.15, -0.1) is 0 Å². The van der Waals surface area contributed by atoms with E-state index in [1.807, 2.05) is 31.9 Å². The number of aromatic nitrogens is 2. The molecule has 10 heteroatoms. The van der Waals surface area contributed by atoms with Gasteiger partial charge in [0.1, 0.15) is 17.6 Å². The average Bonchev–Trinajstić information content (AvgIpc) is 2.81.